The van der Waals surface area contributed by atoms with Crippen molar-refractivity contribution in [3.8, 4) is 10.6 Å². The van der Waals surface area contributed by atoms with Gasteiger partial charge in [0.05, 0.1) is 5.75 Å². The molecule has 1 aromatic heterocycles. The number of aromatic nitrogens is 2. The summed E-state index contributed by atoms with van der Waals surface area (Å²) in [7, 11) is 0. The predicted octanol–water partition coefficient (Wildman–Crippen LogP) is 2.69. The number of hydrogen-bond donors (Lipinski definition) is 1. The number of benzene rings is 1. The SMILES string of the molecule is Cc1cccc(-c2nnc(SCC(=O)O)s2)c1. The Morgan fingerprint density at radius 2 is 2.29 bits per heavy atom. The summed E-state index contributed by atoms with van der Waals surface area (Å²) < 4.78 is 0.684. The van der Waals surface area contributed by atoms with Gasteiger partial charge in [-0.3, -0.25) is 4.79 Å². The van der Waals surface area contributed by atoms with Gasteiger partial charge in [-0.2, -0.15) is 0 Å². The number of hydrogen-bond acceptors (Lipinski definition) is 5. The average Bonchev–Trinajstić information content (AvgIpc) is 2.75. The zero-order chi connectivity index (χ0) is 12.3. The van der Waals surface area contributed by atoms with Crippen LogP contribution in [0.4, 0.5) is 0 Å². The predicted molar refractivity (Wildman–Crippen MR) is 68.4 cm³/mol. The highest BCUT2D eigenvalue weighted by molar-refractivity contribution is 8.01. The second kappa shape index (κ2) is 5.29. The minimum atomic E-state index is -0.845. The van der Waals surface area contributed by atoms with E-state index in [1.54, 1.807) is 0 Å². The lowest BCUT2D eigenvalue weighted by Crippen LogP contribution is -1.96. The standard InChI is InChI=1S/C11H10N2O2S2/c1-7-3-2-4-8(5-7)10-12-13-11(17-10)16-6-9(14)15/h2-5H,6H2,1H3,(H,14,15). The van der Waals surface area contributed by atoms with Gasteiger partial charge in [0.1, 0.15) is 5.01 Å². The Balaban J connectivity index is 2.15. The summed E-state index contributed by atoms with van der Waals surface area (Å²) >= 11 is 2.61. The lowest BCUT2D eigenvalue weighted by atomic mass is 10.1. The zero-order valence-corrected chi connectivity index (χ0v) is 10.7. The maximum Gasteiger partial charge on any atom is 0.313 e. The number of carboxylic acids is 1. The van der Waals surface area contributed by atoms with Crippen LogP contribution >= 0.6 is 23.1 Å². The summed E-state index contributed by atoms with van der Waals surface area (Å²) in [5, 5.41) is 17.4. The average molecular weight is 266 g/mol. The van der Waals surface area contributed by atoms with E-state index < -0.39 is 5.97 Å². The molecule has 4 nitrogen and oxygen atoms in total. The molecule has 0 bridgehead atoms. The van der Waals surface area contributed by atoms with Crippen molar-refractivity contribution in [2.24, 2.45) is 0 Å². The summed E-state index contributed by atoms with van der Waals surface area (Å²) in [4.78, 5) is 10.4. The largest absolute Gasteiger partial charge is 0.481 e. The molecule has 2 aromatic rings. The van der Waals surface area contributed by atoms with Crippen LogP contribution in [0, 0.1) is 6.92 Å². The number of nitrogens with zero attached hydrogens (tertiary/aromatic N) is 2. The molecule has 0 aliphatic heterocycles. The Kier molecular flexibility index (Phi) is 3.75. The molecule has 0 radical (unpaired) electrons. The normalized spacial score (nSPS) is 10.4. The van der Waals surface area contributed by atoms with E-state index in [2.05, 4.69) is 10.2 Å². The summed E-state index contributed by atoms with van der Waals surface area (Å²) in [6.45, 7) is 2.02. The Bertz CT molecular complexity index is 540. The van der Waals surface area contributed by atoms with Gasteiger partial charge in [0.2, 0.25) is 0 Å². The molecule has 0 aliphatic rings. The van der Waals surface area contributed by atoms with Crippen LogP contribution in [0.3, 0.4) is 0 Å². The van der Waals surface area contributed by atoms with Gasteiger partial charge in [0, 0.05) is 5.56 Å². The van der Waals surface area contributed by atoms with E-state index in [9.17, 15) is 4.79 Å². The molecular formula is C11H10N2O2S2. The zero-order valence-electron chi connectivity index (χ0n) is 9.08. The molecule has 0 aliphatic carbocycles. The molecular weight excluding hydrogens is 256 g/mol. The van der Waals surface area contributed by atoms with Crippen LogP contribution in [0.1, 0.15) is 5.56 Å². The molecule has 0 fully saturated rings. The molecule has 17 heavy (non-hydrogen) atoms. The van der Waals surface area contributed by atoms with Crippen molar-refractivity contribution in [1.29, 1.82) is 0 Å². The van der Waals surface area contributed by atoms with Gasteiger partial charge < -0.3 is 5.11 Å². The number of carboxylic acid groups (broad SMARTS) is 1. The third kappa shape index (κ3) is 3.28. The van der Waals surface area contributed by atoms with E-state index in [1.165, 1.54) is 23.1 Å². The molecule has 2 rings (SSSR count). The molecule has 0 spiro atoms. The summed E-state index contributed by atoms with van der Waals surface area (Å²) in [5.74, 6) is -0.829. The van der Waals surface area contributed by atoms with Crippen LogP contribution in [0.25, 0.3) is 10.6 Å². The van der Waals surface area contributed by atoms with Crippen molar-refractivity contribution < 1.29 is 9.90 Å². The van der Waals surface area contributed by atoms with Crippen LogP contribution in [-0.4, -0.2) is 27.0 Å². The number of carbonyl (C=O) groups is 1. The first-order chi connectivity index (χ1) is 8.15. The first-order valence-corrected chi connectivity index (χ1v) is 6.70. The van der Waals surface area contributed by atoms with Crippen LogP contribution in [0.5, 0.6) is 0 Å². The number of rotatable bonds is 4. The minimum Gasteiger partial charge on any atom is -0.481 e. The maximum atomic E-state index is 10.4. The van der Waals surface area contributed by atoms with Gasteiger partial charge in [0.15, 0.2) is 4.34 Å². The Labute approximate surface area is 107 Å². The second-order valence-corrected chi connectivity index (χ2v) is 5.63. The molecule has 88 valence electrons. The number of thioether (sulfide) groups is 1. The molecule has 1 N–H and O–H groups in total. The molecule has 0 atom stereocenters. The fraction of sp³-hybridized carbons (Fsp3) is 0.182. The number of aliphatic carboxylic acids is 1. The highest BCUT2D eigenvalue weighted by Gasteiger charge is 2.08. The van der Waals surface area contributed by atoms with E-state index in [0.29, 0.717) is 4.34 Å². The first kappa shape index (κ1) is 12.1. The molecule has 6 heteroatoms. The second-order valence-electron chi connectivity index (χ2n) is 3.43. The van der Waals surface area contributed by atoms with Crippen LogP contribution in [0.15, 0.2) is 28.6 Å². The van der Waals surface area contributed by atoms with Crippen molar-refractivity contribution in [3.05, 3.63) is 29.8 Å². The van der Waals surface area contributed by atoms with Crippen molar-refractivity contribution >= 4 is 29.1 Å². The van der Waals surface area contributed by atoms with Gasteiger partial charge in [-0.25, -0.2) is 0 Å². The minimum absolute atomic E-state index is 0.0163. The lowest BCUT2D eigenvalue weighted by Gasteiger charge is -1.95. The topological polar surface area (TPSA) is 63.1 Å². The van der Waals surface area contributed by atoms with Crippen LogP contribution in [0.2, 0.25) is 0 Å². The van der Waals surface area contributed by atoms with Gasteiger partial charge in [-0.05, 0) is 13.0 Å². The van der Waals surface area contributed by atoms with Crippen molar-refractivity contribution in [1.82, 2.24) is 10.2 Å². The third-order valence-electron chi connectivity index (χ3n) is 1.99. The number of aryl methyl sites for hydroxylation is 1. The van der Waals surface area contributed by atoms with Crippen molar-refractivity contribution in [3.63, 3.8) is 0 Å². The molecule has 1 heterocycles. The smallest absolute Gasteiger partial charge is 0.313 e. The summed E-state index contributed by atoms with van der Waals surface area (Å²) in [6, 6.07) is 7.99. The molecule has 0 saturated heterocycles. The maximum absolute atomic E-state index is 10.4. The summed E-state index contributed by atoms with van der Waals surface area (Å²) in [5.41, 5.74) is 2.18. The Morgan fingerprint density at radius 1 is 1.47 bits per heavy atom. The monoisotopic (exact) mass is 266 g/mol. The molecule has 0 amide bonds. The van der Waals surface area contributed by atoms with Gasteiger partial charge in [-0.1, -0.05) is 46.9 Å². The van der Waals surface area contributed by atoms with Crippen molar-refractivity contribution in [2.75, 3.05) is 5.75 Å². The summed E-state index contributed by atoms with van der Waals surface area (Å²) in [6.07, 6.45) is 0. The molecule has 0 unspecified atom stereocenters. The van der Waals surface area contributed by atoms with E-state index >= 15 is 0 Å². The van der Waals surface area contributed by atoms with Gasteiger partial charge in [0.25, 0.3) is 0 Å². The van der Waals surface area contributed by atoms with Gasteiger partial charge in [-0.15, -0.1) is 10.2 Å². The Hall–Kier alpha value is -1.40. The molecule has 1 aromatic carbocycles. The van der Waals surface area contributed by atoms with Crippen molar-refractivity contribution in [2.45, 2.75) is 11.3 Å². The van der Waals surface area contributed by atoms with E-state index in [-0.39, 0.29) is 5.75 Å². The van der Waals surface area contributed by atoms with Crippen LogP contribution in [-0.2, 0) is 4.79 Å². The highest BCUT2D eigenvalue weighted by Crippen LogP contribution is 2.29. The lowest BCUT2D eigenvalue weighted by molar-refractivity contribution is -0.133. The highest BCUT2D eigenvalue weighted by atomic mass is 32.2. The quantitative estimate of drug-likeness (QED) is 0.862. The van der Waals surface area contributed by atoms with E-state index in [1.807, 2.05) is 31.2 Å². The van der Waals surface area contributed by atoms with E-state index in [0.717, 1.165) is 16.1 Å². The van der Waals surface area contributed by atoms with Gasteiger partial charge >= 0.3 is 5.97 Å². The first-order valence-electron chi connectivity index (χ1n) is 4.90. The van der Waals surface area contributed by atoms with Crippen LogP contribution < -0.4 is 0 Å². The third-order valence-corrected chi connectivity index (χ3v) is 4.08. The fourth-order valence-corrected chi connectivity index (χ4v) is 2.85. The fourth-order valence-electron chi connectivity index (χ4n) is 1.29. The van der Waals surface area contributed by atoms with E-state index in [4.69, 9.17) is 5.11 Å². The molecule has 0 saturated carbocycles. The Morgan fingerprint density at radius 3 is 3.00 bits per heavy atom.